The monoisotopic (exact) mass is 542 g/mol. The molecule has 0 bridgehead atoms. The van der Waals surface area contributed by atoms with E-state index in [1.165, 1.54) is 64.2 Å². The van der Waals surface area contributed by atoms with E-state index in [0.717, 1.165) is 19.3 Å². The van der Waals surface area contributed by atoms with Gasteiger partial charge in [-0.2, -0.15) is 0 Å². The minimum absolute atomic E-state index is 0.113. The van der Waals surface area contributed by atoms with Crippen molar-refractivity contribution >= 4 is 29.5 Å². The highest BCUT2D eigenvalue weighted by Crippen LogP contribution is 2.57. The minimum atomic E-state index is -3.34. The summed E-state index contributed by atoms with van der Waals surface area (Å²) in [7, 11) is -3.34. The predicted octanol–water partition coefficient (Wildman–Crippen LogP) is 7.75. The number of carbonyl (C=O) groups is 1. The van der Waals surface area contributed by atoms with E-state index in [1.54, 1.807) is 13.8 Å². The van der Waals surface area contributed by atoms with E-state index in [-0.39, 0.29) is 32.2 Å². The highest BCUT2D eigenvalue weighted by Gasteiger charge is 2.35. The first-order valence-corrected chi connectivity index (χ1v) is 15.3. The lowest BCUT2D eigenvalue weighted by Crippen LogP contribution is -2.23. The molecule has 0 aliphatic carbocycles. The zero-order chi connectivity index (χ0) is 24.1. The summed E-state index contributed by atoms with van der Waals surface area (Å²) in [6.07, 6.45) is 16.0. The van der Waals surface area contributed by atoms with Crippen LogP contribution in [-0.2, 0) is 23.1 Å². The van der Waals surface area contributed by atoms with Gasteiger partial charge in [-0.1, -0.05) is 99.9 Å². The van der Waals surface area contributed by atoms with E-state index in [1.807, 2.05) is 0 Å². The number of ether oxygens (including phenoxy) is 1. The first kappa shape index (κ1) is 32.1. The zero-order valence-corrected chi connectivity index (χ0v) is 23.2. The van der Waals surface area contributed by atoms with Crippen LogP contribution >= 0.6 is 23.5 Å². The van der Waals surface area contributed by atoms with Gasteiger partial charge in [-0.05, 0) is 20.3 Å². The molecule has 0 heterocycles. The van der Waals surface area contributed by atoms with Crippen LogP contribution in [0.3, 0.4) is 0 Å². The van der Waals surface area contributed by atoms with Crippen LogP contribution in [-0.4, -0.2) is 41.6 Å². The van der Waals surface area contributed by atoms with E-state index < -0.39 is 18.3 Å². The number of hydrogen-bond donors (Lipinski definition) is 1. The third kappa shape index (κ3) is 17.5. The highest BCUT2D eigenvalue weighted by atomic mass is 79.9. The average Bonchev–Trinajstić information content (AvgIpc) is 2.75. The second-order valence-electron chi connectivity index (χ2n) is 8.38. The molecule has 0 aliphatic heterocycles. The molecule has 0 aliphatic rings. The Balaban J connectivity index is 3.69. The van der Waals surface area contributed by atoms with Crippen molar-refractivity contribution in [3.8, 4) is 0 Å². The quantitative estimate of drug-likeness (QED) is 0.0614. The lowest BCUT2D eigenvalue weighted by Gasteiger charge is -2.23. The Kier molecular flexibility index (Phi) is 21.6. The van der Waals surface area contributed by atoms with E-state index in [0.29, 0.717) is 6.42 Å². The molecule has 6 nitrogen and oxygen atoms in total. The number of halogens is 1. The maximum Gasteiger partial charge on any atom is 0.344 e. The number of aliphatic hydroxyl groups excluding tert-OH is 1. The predicted molar refractivity (Wildman–Crippen MR) is 135 cm³/mol. The van der Waals surface area contributed by atoms with Gasteiger partial charge in [0.25, 0.3) is 0 Å². The molecule has 0 radical (unpaired) electrons. The van der Waals surface area contributed by atoms with Crippen molar-refractivity contribution in [2.75, 3.05) is 19.8 Å². The van der Waals surface area contributed by atoms with Gasteiger partial charge >= 0.3 is 13.6 Å². The molecule has 0 amide bonds. The van der Waals surface area contributed by atoms with Crippen LogP contribution in [0.5, 0.6) is 0 Å². The van der Waals surface area contributed by atoms with Gasteiger partial charge in [-0.3, -0.25) is 9.36 Å². The molecule has 8 heteroatoms. The normalized spacial score (nSPS) is 13.8. The van der Waals surface area contributed by atoms with Crippen LogP contribution in [0.1, 0.15) is 117 Å². The van der Waals surface area contributed by atoms with Crippen molar-refractivity contribution in [2.24, 2.45) is 0 Å². The van der Waals surface area contributed by atoms with Crippen LogP contribution in [0.4, 0.5) is 0 Å². The van der Waals surface area contributed by atoms with Crippen LogP contribution in [0, 0.1) is 0 Å². The molecule has 0 aromatic rings. The lowest BCUT2D eigenvalue weighted by molar-refractivity contribution is -0.146. The van der Waals surface area contributed by atoms with Crippen molar-refractivity contribution in [1.29, 1.82) is 0 Å². The SMILES string of the molecule is CCCCCCCCCCCCCCCC(=O)OC[C@@H](O)CC(Br)P(=O)(OCC)OCC. The van der Waals surface area contributed by atoms with E-state index in [9.17, 15) is 14.5 Å². The van der Waals surface area contributed by atoms with Crippen LogP contribution in [0.2, 0.25) is 0 Å². The van der Waals surface area contributed by atoms with Gasteiger partial charge in [-0.25, -0.2) is 0 Å². The standard InChI is InChI=1S/C24H48BrO6P/c1-4-7-8-9-10-11-12-13-14-15-16-17-18-19-24(27)29-21-22(26)20-23(25)32(28,30-5-2)31-6-3/h22-23,26H,4-21H2,1-3H3/t22-,23?/m0/s1. The number of rotatable bonds is 23. The van der Waals surface area contributed by atoms with Crippen LogP contribution in [0.25, 0.3) is 0 Å². The molecule has 0 spiro atoms. The molecular weight excluding hydrogens is 495 g/mol. The Morgan fingerprint density at radius 1 is 0.812 bits per heavy atom. The molecule has 0 saturated heterocycles. The maximum atomic E-state index is 12.6. The van der Waals surface area contributed by atoms with Gasteiger partial charge in [0.1, 0.15) is 11.2 Å². The fourth-order valence-corrected chi connectivity index (χ4v) is 6.29. The molecule has 0 aromatic heterocycles. The first-order chi connectivity index (χ1) is 15.4. The number of unbranched alkanes of at least 4 members (excludes halogenated alkanes) is 12. The number of hydrogen-bond acceptors (Lipinski definition) is 6. The molecule has 1 N–H and O–H groups in total. The zero-order valence-electron chi connectivity index (χ0n) is 20.7. The number of esters is 1. The number of carbonyl (C=O) groups excluding carboxylic acids is 1. The molecule has 0 saturated carbocycles. The van der Waals surface area contributed by atoms with E-state index in [4.69, 9.17) is 13.8 Å². The summed E-state index contributed by atoms with van der Waals surface area (Å²) in [4.78, 5) is 11.9. The molecule has 192 valence electrons. The van der Waals surface area contributed by atoms with Crippen molar-refractivity contribution < 1.29 is 28.3 Å². The Bertz CT molecular complexity index is 481. The number of alkyl halides is 1. The van der Waals surface area contributed by atoms with Gasteiger partial charge in [0.15, 0.2) is 0 Å². The van der Waals surface area contributed by atoms with Gasteiger partial charge < -0.3 is 18.9 Å². The van der Waals surface area contributed by atoms with Gasteiger partial charge in [0.2, 0.25) is 0 Å². The summed E-state index contributed by atoms with van der Waals surface area (Å²) in [5.74, 6) is -0.295. The van der Waals surface area contributed by atoms with Crippen molar-refractivity contribution in [2.45, 2.75) is 128 Å². The summed E-state index contributed by atoms with van der Waals surface area (Å²) in [5, 5.41) is 10.1. The van der Waals surface area contributed by atoms with E-state index >= 15 is 0 Å². The minimum Gasteiger partial charge on any atom is -0.463 e. The van der Waals surface area contributed by atoms with Crippen molar-refractivity contribution in [3.63, 3.8) is 0 Å². The molecule has 32 heavy (non-hydrogen) atoms. The average molecular weight is 544 g/mol. The summed E-state index contributed by atoms with van der Waals surface area (Å²) >= 11 is 3.29. The topological polar surface area (TPSA) is 82.1 Å². The molecule has 1 unspecified atom stereocenters. The van der Waals surface area contributed by atoms with Gasteiger partial charge in [0.05, 0.1) is 19.3 Å². The van der Waals surface area contributed by atoms with Crippen LogP contribution in [0.15, 0.2) is 0 Å². The summed E-state index contributed by atoms with van der Waals surface area (Å²) in [6, 6.07) is 0. The third-order valence-electron chi connectivity index (χ3n) is 5.35. The Hall–Kier alpha value is 0.0600. The summed E-state index contributed by atoms with van der Waals surface area (Å²) < 4.78 is 27.7. The highest BCUT2D eigenvalue weighted by molar-refractivity contribution is 9.10. The van der Waals surface area contributed by atoms with Crippen molar-refractivity contribution in [1.82, 2.24) is 0 Å². The first-order valence-electron chi connectivity index (χ1n) is 12.8. The Labute approximate surface area is 205 Å². The van der Waals surface area contributed by atoms with Crippen molar-refractivity contribution in [3.05, 3.63) is 0 Å². The van der Waals surface area contributed by atoms with Gasteiger partial charge in [0, 0.05) is 12.8 Å². The Morgan fingerprint density at radius 2 is 1.25 bits per heavy atom. The Morgan fingerprint density at radius 3 is 1.69 bits per heavy atom. The summed E-state index contributed by atoms with van der Waals surface area (Å²) in [6.45, 7) is 6.12. The third-order valence-corrected chi connectivity index (χ3v) is 9.36. The lowest BCUT2D eigenvalue weighted by atomic mass is 10.0. The summed E-state index contributed by atoms with van der Waals surface area (Å²) in [5.41, 5.74) is 0. The second-order valence-corrected chi connectivity index (χ2v) is 12.4. The largest absolute Gasteiger partial charge is 0.463 e. The molecule has 0 aromatic carbocycles. The maximum absolute atomic E-state index is 12.6. The fourth-order valence-electron chi connectivity index (χ4n) is 3.53. The van der Waals surface area contributed by atoms with E-state index in [2.05, 4.69) is 22.9 Å². The smallest absolute Gasteiger partial charge is 0.344 e. The molecule has 2 atom stereocenters. The van der Waals surface area contributed by atoms with Crippen LogP contribution < -0.4 is 0 Å². The second kappa shape index (κ2) is 21.6. The number of aliphatic hydroxyl groups is 1. The molecular formula is C24H48BrO6P. The molecule has 0 fully saturated rings. The molecule has 0 rings (SSSR count). The fraction of sp³-hybridized carbons (Fsp3) is 0.958. The van der Waals surface area contributed by atoms with Gasteiger partial charge in [-0.15, -0.1) is 0 Å².